The van der Waals surface area contributed by atoms with Gasteiger partial charge in [-0.3, -0.25) is 4.79 Å². The predicted molar refractivity (Wildman–Crippen MR) is 95.1 cm³/mol. The number of carbonyl (C=O) groups is 1. The lowest BCUT2D eigenvalue weighted by Crippen LogP contribution is -2.11. The third-order valence-electron chi connectivity index (χ3n) is 3.63. The third-order valence-corrected chi connectivity index (χ3v) is 3.63. The largest absolute Gasteiger partial charge is 0.490 e. The van der Waals surface area contributed by atoms with Gasteiger partial charge in [-0.15, -0.1) is 5.92 Å². The molecule has 5 nitrogen and oxygen atoms in total. The Balaban J connectivity index is 1.83. The average Bonchev–Trinajstić information content (AvgIpc) is 2.65. The fourth-order valence-corrected chi connectivity index (χ4v) is 2.35. The molecule has 0 fully saturated rings. The molecule has 148 valence electrons. The lowest BCUT2D eigenvalue weighted by molar-refractivity contribution is -0.141. The van der Waals surface area contributed by atoms with Crippen LogP contribution >= 0.6 is 0 Å². The molecule has 2 aromatic rings. The Kier molecular flexibility index (Phi) is 7.27. The molecular formula is C20H18F3NO4. The number of carboxylic acids is 1. The predicted octanol–water partition coefficient (Wildman–Crippen LogP) is 4.14. The van der Waals surface area contributed by atoms with Gasteiger partial charge in [-0.05, 0) is 36.8 Å². The van der Waals surface area contributed by atoms with Crippen molar-refractivity contribution in [2.75, 3.05) is 13.2 Å². The summed E-state index contributed by atoms with van der Waals surface area (Å²) in [5, 5.41) is 8.95. The maximum atomic E-state index is 12.4. The second-order valence-electron chi connectivity index (χ2n) is 5.69. The first-order valence-electron chi connectivity index (χ1n) is 8.32. The summed E-state index contributed by atoms with van der Waals surface area (Å²) in [5.74, 6) is 5.03. The second-order valence-corrected chi connectivity index (χ2v) is 5.69. The van der Waals surface area contributed by atoms with Crippen LogP contribution in [0.15, 0.2) is 42.6 Å². The zero-order valence-electron chi connectivity index (χ0n) is 15.0. The van der Waals surface area contributed by atoms with Crippen LogP contribution in [0.1, 0.15) is 30.5 Å². The molecule has 1 aromatic heterocycles. The van der Waals surface area contributed by atoms with Crippen molar-refractivity contribution >= 4 is 5.97 Å². The van der Waals surface area contributed by atoms with Crippen molar-refractivity contribution in [3.63, 3.8) is 0 Å². The Morgan fingerprint density at radius 3 is 2.21 bits per heavy atom. The smallest absolute Gasteiger partial charge is 0.433 e. The van der Waals surface area contributed by atoms with Crippen LogP contribution in [0.25, 0.3) is 0 Å². The number of halogens is 3. The number of benzene rings is 1. The van der Waals surface area contributed by atoms with Crippen molar-refractivity contribution in [2.45, 2.75) is 25.4 Å². The van der Waals surface area contributed by atoms with Gasteiger partial charge in [0.2, 0.25) is 0 Å². The normalized spacial score (nSPS) is 11.9. The summed E-state index contributed by atoms with van der Waals surface area (Å²) in [6.45, 7) is 1.95. The first kappa shape index (κ1) is 21.1. The van der Waals surface area contributed by atoms with Crippen LogP contribution < -0.4 is 9.47 Å². The fraction of sp³-hybridized carbons (Fsp3) is 0.300. The van der Waals surface area contributed by atoms with Crippen molar-refractivity contribution in [1.29, 1.82) is 0 Å². The standard InChI is InChI=1S/C20H18F3NO4/c1-2-3-15(12-19(25)26)14-4-6-16(7-5-14)27-10-11-28-17-8-9-18(24-13-17)20(21,22)23/h4-9,13,15H,10-12H2,1H3,(H,25,26). The van der Waals surface area contributed by atoms with Crippen molar-refractivity contribution in [2.24, 2.45) is 0 Å². The number of hydrogen-bond acceptors (Lipinski definition) is 4. The quantitative estimate of drug-likeness (QED) is 0.539. The monoisotopic (exact) mass is 393 g/mol. The molecule has 0 amide bonds. The maximum Gasteiger partial charge on any atom is 0.433 e. The minimum absolute atomic E-state index is 0.0873. The van der Waals surface area contributed by atoms with Crippen LogP contribution in [-0.4, -0.2) is 29.3 Å². The van der Waals surface area contributed by atoms with E-state index >= 15 is 0 Å². The minimum atomic E-state index is -4.49. The molecule has 0 aliphatic heterocycles. The summed E-state index contributed by atoms with van der Waals surface area (Å²) in [4.78, 5) is 14.2. The first-order chi connectivity index (χ1) is 13.3. The van der Waals surface area contributed by atoms with E-state index in [1.54, 1.807) is 31.2 Å². The van der Waals surface area contributed by atoms with E-state index in [4.69, 9.17) is 14.6 Å². The Bertz CT molecular complexity index is 837. The number of carboxylic acid groups (broad SMARTS) is 1. The van der Waals surface area contributed by atoms with Crippen molar-refractivity contribution in [3.8, 4) is 23.3 Å². The van der Waals surface area contributed by atoms with Crippen LogP contribution in [-0.2, 0) is 11.0 Å². The molecule has 1 atom stereocenters. The van der Waals surface area contributed by atoms with E-state index in [0.717, 1.165) is 17.8 Å². The molecule has 0 bridgehead atoms. The van der Waals surface area contributed by atoms with E-state index in [-0.39, 0.29) is 25.4 Å². The molecule has 0 saturated carbocycles. The van der Waals surface area contributed by atoms with E-state index in [2.05, 4.69) is 16.8 Å². The lowest BCUT2D eigenvalue weighted by Gasteiger charge is -2.11. The molecule has 0 spiro atoms. The highest BCUT2D eigenvalue weighted by Gasteiger charge is 2.32. The SMILES string of the molecule is CC#CC(CC(=O)O)c1ccc(OCCOc2ccc(C(F)(F)F)nc2)cc1. The summed E-state index contributed by atoms with van der Waals surface area (Å²) in [7, 11) is 0. The van der Waals surface area contributed by atoms with Gasteiger partial charge in [0.15, 0.2) is 0 Å². The number of aliphatic carboxylic acids is 1. The highest BCUT2D eigenvalue weighted by atomic mass is 19.4. The summed E-state index contributed by atoms with van der Waals surface area (Å²) in [5.41, 5.74) is -0.207. The number of aromatic nitrogens is 1. The van der Waals surface area contributed by atoms with Gasteiger partial charge in [-0.1, -0.05) is 18.1 Å². The van der Waals surface area contributed by atoms with E-state index in [1.807, 2.05) is 0 Å². The van der Waals surface area contributed by atoms with Gasteiger partial charge < -0.3 is 14.6 Å². The topological polar surface area (TPSA) is 68.7 Å². The van der Waals surface area contributed by atoms with Gasteiger partial charge in [0.1, 0.15) is 30.4 Å². The van der Waals surface area contributed by atoms with Crippen LogP contribution in [0.3, 0.4) is 0 Å². The molecule has 8 heteroatoms. The summed E-state index contributed by atoms with van der Waals surface area (Å²) >= 11 is 0. The number of hydrogen-bond donors (Lipinski definition) is 1. The van der Waals surface area contributed by atoms with Gasteiger partial charge >= 0.3 is 12.1 Å². The molecule has 0 saturated heterocycles. The summed E-state index contributed by atoms with van der Waals surface area (Å²) < 4.78 is 48.1. The molecule has 28 heavy (non-hydrogen) atoms. The van der Waals surface area contributed by atoms with Crippen molar-refractivity contribution in [1.82, 2.24) is 4.98 Å². The Morgan fingerprint density at radius 2 is 1.71 bits per heavy atom. The lowest BCUT2D eigenvalue weighted by atomic mass is 9.96. The van der Waals surface area contributed by atoms with E-state index in [0.29, 0.717) is 5.75 Å². The van der Waals surface area contributed by atoms with Crippen LogP contribution in [0.5, 0.6) is 11.5 Å². The second kappa shape index (κ2) is 9.65. The molecule has 0 radical (unpaired) electrons. The number of nitrogens with zero attached hydrogens (tertiary/aromatic N) is 1. The van der Waals surface area contributed by atoms with Crippen LogP contribution in [0.4, 0.5) is 13.2 Å². The molecule has 1 heterocycles. The molecule has 0 aliphatic carbocycles. The van der Waals surface area contributed by atoms with Gasteiger partial charge in [0.25, 0.3) is 0 Å². The summed E-state index contributed by atoms with van der Waals surface area (Å²) in [6.07, 6.45) is -3.56. The third kappa shape index (κ3) is 6.50. The van der Waals surface area contributed by atoms with Gasteiger partial charge in [0.05, 0.1) is 18.5 Å². The number of pyridine rings is 1. The van der Waals surface area contributed by atoms with E-state index < -0.39 is 23.8 Å². The maximum absolute atomic E-state index is 12.4. The molecule has 2 rings (SSSR count). The Labute approximate surface area is 160 Å². The molecular weight excluding hydrogens is 375 g/mol. The highest BCUT2D eigenvalue weighted by Crippen LogP contribution is 2.28. The first-order valence-corrected chi connectivity index (χ1v) is 8.32. The zero-order chi connectivity index (χ0) is 20.6. The molecule has 1 unspecified atom stereocenters. The average molecular weight is 393 g/mol. The summed E-state index contributed by atoms with van der Waals surface area (Å²) in [6, 6.07) is 8.92. The number of alkyl halides is 3. The van der Waals surface area contributed by atoms with Crippen LogP contribution in [0, 0.1) is 11.8 Å². The fourth-order valence-electron chi connectivity index (χ4n) is 2.35. The van der Waals surface area contributed by atoms with Gasteiger partial charge in [-0.2, -0.15) is 13.2 Å². The zero-order valence-corrected chi connectivity index (χ0v) is 15.0. The van der Waals surface area contributed by atoms with Crippen molar-refractivity contribution in [3.05, 3.63) is 53.9 Å². The van der Waals surface area contributed by atoms with Gasteiger partial charge in [-0.25, -0.2) is 4.98 Å². The molecule has 0 aliphatic rings. The minimum Gasteiger partial charge on any atom is -0.490 e. The van der Waals surface area contributed by atoms with E-state index in [1.165, 1.54) is 6.07 Å². The Hall–Kier alpha value is -3.21. The molecule has 1 aromatic carbocycles. The Morgan fingerprint density at radius 1 is 1.11 bits per heavy atom. The van der Waals surface area contributed by atoms with E-state index in [9.17, 15) is 18.0 Å². The van der Waals surface area contributed by atoms with Crippen LogP contribution in [0.2, 0.25) is 0 Å². The highest BCUT2D eigenvalue weighted by molar-refractivity contribution is 5.69. The van der Waals surface area contributed by atoms with Crippen molar-refractivity contribution < 1.29 is 32.5 Å². The molecule has 1 N–H and O–H groups in total. The number of rotatable bonds is 8. The van der Waals surface area contributed by atoms with Gasteiger partial charge in [0, 0.05) is 0 Å². The number of ether oxygens (including phenoxy) is 2.